The molecule has 7 nitrogen and oxygen atoms in total. The predicted molar refractivity (Wildman–Crippen MR) is 74.5 cm³/mol. The largest absolute Gasteiger partial charge is 0.481 e. The molecule has 0 bridgehead atoms. The van der Waals surface area contributed by atoms with E-state index in [1.807, 2.05) is 30.3 Å². The molecule has 21 heavy (non-hydrogen) atoms. The van der Waals surface area contributed by atoms with E-state index < -0.39 is 5.97 Å². The SMILES string of the molecule is O=C(O)Cc1cnnn1CC(=O)NCCc1ccccc1. The molecule has 0 saturated carbocycles. The minimum Gasteiger partial charge on any atom is -0.481 e. The highest BCUT2D eigenvalue weighted by Crippen LogP contribution is 1.99. The summed E-state index contributed by atoms with van der Waals surface area (Å²) < 4.78 is 1.30. The Hall–Kier alpha value is -2.70. The number of carbonyl (C=O) groups excluding carboxylic acids is 1. The van der Waals surface area contributed by atoms with Gasteiger partial charge in [0.15, 0.2) is 0 Å². The molecule has 0 atom stereocenters. The van der Waals surface area contributed by atoms with E-state index in [4.69, 9.17) is 5.11 Å². The number of carboxylic acid groups (broad SMARTS) is 1. The Morgan fingerprint density at radius 1 is 1.24 bits per heavy atom. The first-order chi connectivity index (χ1) is 10.1. The van der Waals surface area contributed by atoms with Crippen LogP contribution in [0.25, 0.3) is 0 Å². The maximum absolute atomic E-state index is 11.8. The van der Waals surface area contributed by atoms with E-state index in [9.17, 15) is 9.59 Å². The van der Waals surface area contributed by atoms with Crippen LogP contribution in [-0.2, 0) is 29.0 Å². The number of rotatable bonds is 7. The van der Waals surface area contributed by atoms with Gasteiger partial charge in [0.1, 0.15) is 6.54 Å². The van der Waals surface area contributed by atoms with Crippen molar-refractivity contribution in [3.05, 3.63) is 47.8 Å². The monoisotopic (exact) mass is 288 g/mol. The van der Waals surface area contributed by atoms with Crippen molar-refractivity contribution in [1.82, 2.24) is 20.3 Å². The normalized spacial score (nSPS) is 10.3. The number of benzene rings is 1. The summed E-state index contributed by atoms with van der Waals surface area (Å²) in [6.07, 6.45) is 1.89. The van der Waals surface area contributed by atoms with Gasteiger partial charge in [-0.25, -0.2) is 4.68 Å². The first-order valence-electron chi connectivity index (χ1n) is 6.55. The maximum Gasteiger partial charge on any atom is 0.309 e. The predicted octanol–water partition coefficient (Wildman–Crippen LogP) is 0.264. The van der Waals surface area contributed by atoms with E-state index in [1.54, 1.807) is 0 Å². The number of hydrogen-bond donors (Lipinski definition) is 2. The lowest BCUT2D eigenvalue weighted by atomic mass is 10.1. The molecule has 7 heteroatoms. The number of nitrogens with one attached hydrogen (secondary N) is 1. The third-order valence-corrected chi connectivity index (χ3v) is 2.90. The molecule has 0 unspecified atom stereocenters. The van der Waals surface area contributed by atoms with Gasteiger partial charge in [0.05, 0.1) is 18.3 Å². The van der Waals surface area contributed by atoms with Crippen LogP contribution in [0.3, 0.4) is 0 Å². The molecule has 0 saturated heterocycles. The molecule has 1 heterocycles. The van der Waals surface area contributed by atoms with Gasteiger partial charge in [-0.2, -0.15) is 0 Å². The minimum atomic E-state index is -0.983. The molecule has 2 aromatic rings. The number of aromatic nitrogens is 3. The fourth-order valence-corrected chi connectivity index (χ4v) is 1.89. The Kier molecular flexibility index (Phi) is 5.03. The number of carboxylic acids is 1. The summed E-state index contributed by atoms with van der Waals surface area (Å²) in [4.78, 5) is 22.5. The molecule has 0 aliphatic carbocycles. The minimum absolute atomic E-state index is 0.0304. The molecule has 0 spiro atoms. The molecule has 110 valence electrons. The molecule has 0 aliphatic heterocycles. The van der Waals surface area contributed by atoms with Crippen molar-refractivity contribution in [1.29, 1.82) is 0 Å². The standard InChI is InChI=1S/C14H16N4O3/c19-13(15-7-6-11-4-2-1-3-5-11)10-18-12(8-14(20)21)9-16-17-18/h1-5,9H,6-8,10H2,(H,15,19)(H,20,21). The molecule has 2 N–H and O–H groups in total. The fourth-order valence-electron chi connectivity index (χ4n) is 1.89. The zero-order chi connectivity index (χ0) is 15.1. The van der Waals surface area contributed by atoms with E-state index in [2.05, 4.69) is 15.6 Å². The number of hydrogen-bond acceptors (Lipinski definition) is 4. The van der Waals surface area contributed by atoms with Crippen molar-refractivity contribution in [2.75, 3.05) is 6.54 Å². The van der Waals surface area contributed by atoms with Gasteiger partial charge in [-0.05, 0) is 12.0 Å². The van der Waals surface area contributed by atoms with E-state index in [1.165, 1.54) is 10.9 Å². The van der Waals surface area contributed by atoms with Crippen LogP contribution in [0.5, 0.6) is 0 Å². The van der Waals surface area contributed by atoms with Gasteiger partial charge < -0.3 is 10.4 Å². The summed E-state index contributed by atoms with van der Waals surface area (Å²) in [5.41, 5.74) is 1.55. The van der Waals surface area contributed by atoms with Gasteiger partial charge in [-0.1, -0.05) is 35.5 Å². The zero-order valence-corrected chi connectivity index (χ0v) is 11.4. The molecule has 2 rings (SSSR count). The maximum atomic E-state index is 11.8. The van der Waals surface area contributed by atoms with Crippen molar-refractivity contribution in [2.45, 2.75) is 19.4 Å². The van der Waals surface area contributed by atoms with E-state index >= 15 is 0 Å². The van der Waals surface area contributed by atoms with Crippen LogP contribution in [-0.4, -0.2) is 38.5 Å². The Morgan fingerprint density at radius 2 is 2.00 bits per heavy atom. The number of carbonyl (C=O) groups is 2. The number of nitrogens with zero attached hydrogens (tertiary/aromatic N) is 3. The quantitative estimate of drug-likeness (QED) is 0.762. The summed E-state index contributed by atoms with van der Waals surface area (Å²) in [7, 11) is 0. The first kappa shape index (κ1) is 14.7. The second kappa shape index (κ2) is 7.18. The van der Waals surface area contributed by atoms with E-state index in [0.29, 0.717) is 12.2 Å². The van der Waals surface area contributed by atoms with Crippen molar-refractivity contribution in [3.8, 4) is 0 Å². The Labute approximate surface area is 121 Å². The van der Waals surface area contributed by atoms with Crippen LogP contribution >= 0.6 is 0 Å². The Morgan fingerprint density at radius 3 is 2.71 bits per heavy atom. The molecule has 0 aliphatic rings. The summed E-state index contributed by atoms with van der Waals surface area (Å²) >= 11 is 0. The zero-order valence-electron chi connectivity index (χ0n) is 11.4. The fraction of sp³-hybridized carbons (Fsp3) is 0.286. The lowest BCUT2D eigenvalue weighted by Crippen LogP contribution is -2.30. The Bertz CT molecular complexity index is 610. The van der Waals surface area contributed by atoms with Crippen LogP contribution in [0.15, 0.2) is 36.5 Å². The van der Waals surface area contributed by atoms with Gasteiger partial charge in [0.2, 0.25) is 5.91 Å². The van der Waals surface area contributed by atoms with Crippen molar-refractivity contribution in [2.24, 2.45) is 0 Å². The van der Waals surface area contributed by atoms with E-state index in [0.717, 1.165) is 12.0 Å². The van der Waals surface area contributed by atoms with Crippen molar-refractivity contribution in [3.63, 3.8) is 0 Å². The second-order valence-electron chi connectivity index (χ2n) is 4.54. The number of amides is 1. The van der Waals surface area contributed by atoms with Crippen LogP contribution in [0, 0.1) is 0 Å². The first-order valence-corrected chi connectivity index (χ1v) is 6.55. The topological polar surface area (TPSA) is 97.1 Å². The highest BCUT2D eigenvalue weighted by Gasteiger charge is 2.11. The lowest BCUT2D eigenvalue weighted by Gasteiger charge is -2.07. The summed E-state index contributed by atoms with van der Waals surface area (Å²) in [5.74, 6) is -1.20. The van der Waals surface area contributed by atoms with Crippen LogP contribution in [0.4, 0.5) is 0 Å². The smallest absolute Gasteiger partial charge is 0.309 e. The second-order valence-corrected chi connectivity index (χ2v) is 4.54. The van der Waals surface area contributed by atoms with Gasteiger partial charge >= 0.3 is 5.97 Å². The highest BCUT2D eigenvalue weighted by atomic mass is 16.4. The molecule has 0 fully saturated rings. The molecular weight excluding hydrogens is 272 g/mol. The molecular formula is C14H16N4O3. The third kappa shape index (κ3) is 4.72. The average Bonchev–Trinajstić information content (AvgIpc) is 2.86. The lowest BCUT2D eigenvalue weighted by molar-refractivity contribution is -0.136. The van der Waals surface area contributed by atoms with Crippen molar-refractivity contribution < 1.29 is 14.7 Å². The third-order valence-electron chi connectivity index (χ3n) is 2.90. The van der Waals surface area contributed by atoms with Gasteiger partial charge in [0, 0.05) is 6.54 Å². The van der Waals surface area contributed by atoms with Gasteiger partial charge in [0.25, 0.3) is 0 Å². The highest BCUT2D eigenvalue weighted by molar-refractivity contribution is 5.76. The van der Waals surface area contributed by atoms with Crippen LogP contribution in [0.2, 0.25) is 0 Å². The van der Waals surface area contributed by atoms with Gasteiger partial charge in [-0.15, -0.1) is 5.10 Å². The average molecular weight is 288 g/mol. The number of aliphatic carboxylic acids is 1. The van der Waals surface area contributed by atoms with Gasteiger partial charge in [-0.3, -0.25) is 9.59 Å². The molecule has 1 aromatic heterocycles. The molecule has 1 aromatic carbocycles. The summed E-state index contributed by atoms with van der Waals surface area (Å²) in [6, 6.07) is 9.83. The van der Waals surface area contributed by atoms with Crippen LogP contribution in [0.1, 0.15) is 11.3 Å². The Balaban J connectivity index is 1.79. The van der Waals surface area contributed by atoms with Crippen molar-refractivity contribution >= 4 is 11.9 Å². The summed E-state index contributed by atoms with van der Waals surface area (Å²) in [6.45, 7) is 0.489. The molecule has 0 radical (unpaired) electrons. The summed E-state index contributed by atoms with van der Waals surface area (Å²) in [5, 5.41) is 18.9. The molecule has 1 amide bonds. The van der Waals surface area contributed by atoms with Crippen LogP contribution < -0.4 is 5.32 Å². The van der Waals surface area contributed by atoms with E-state index in [-0.39, 0.29) is 18.9 Å².